The van der Waals surface area contributed by atoms with Crippen molar-refractivity contribution in [2.45, 2.75) is 30.6 Å². The maximum Gasteiger partial charge on any atom is 0.305 e. The molecular weight excluding hydrogens is 236 g/mol. The van der Waals surface area contributed by atoms with Crippen LogP contribution < -0.4 is 5.73 Å². The molecule has 0 unspecified atom stereocenters. The number of rotatable bonds is 4. The number of benzene rings is 1. The molecule has 5 heteroatoms. The third kappa shape index (κ3) is 2.91. The molecule has 0 bridgehead atoms. The van der Waals surface area contributed by atoms with E-state index < -0.39 is 0 Å². The molecule has 0 atom stereocenters. The maximum atomic E-state index is 11.0. The molecular formula is C12H16N2O2S. The molecule has 4 nitrogen and oxygen atoms in total. The summed E-state index contributed by atoms with van der Waals surface area (Å²) < 4.78 is 0. The van der Waals surface area contributed by atoms with Crippen molar-refractivity contribution in [1.29, 1.82) is 0 Å². The third-order valence-corrected chi connectivity index (χ3v) is 4.44. The largest absolute Gasteiger partial charge is 0.393 e. The predicted octanol–water partition coefficient (Wildman–Crippen LogP) is 3.46. The second-order valence-electron chi connectivity index (χ2n) is 4.41. The first-order chi connectivity index (χ1) is 8.18. The SMILES string of the molecule is Nc1cccc(SCC2CCCC2)c1[N+](=O)[O-]. The Hall–Kier alpha value is -1.23. The highest BCUT2D eigenvalue weighted by Gasteiger charge is 2.20. The van der Waals surface area contributed by atoms with Crippen LogP contribution in [0.5, 0.6) is 0 Å². The molecule has 0 saturated heterocycles. The van der Waals surface area contributed by atoms with E-state index in [9.17, 15) is 10.1 Å². The molecule has 1 fully saturated rings. The first kappa shape index (κ1) is 12.2. The molecule has 1 aromatic rings. The van der Waals surface area contributed by atoms with E-state index in [1.807, 2.05) is 0 Å². The van der Waals surface area contributed by atoms with Crippen LogP contribution in [0.25, 0.3) is 0 Å². The van der Waals surface area contributed by atoms with Crippen LogP contribution in [0.1, 0.15) is 25.7 Å². The van der Waals surface area contributed by atoms with Gasteiger partial charge < -0.3 is 5.73 Å². The van der Waals surface area contributed by atoms with Crippen LogP contribution >= 0.6 is 11.8 Å². The van der Waals surface area contributed by atoms with E-state index in [-0.39, 0.29) is 16.3 Å². The maximum absolute atomic E-state index is 11.0. The van der Waals surface area contributed by atoms with Gasteiger partial charge in [0, 0.05) is 5.75 Å². The fourth-order valence-electron chi connectivity index (χ4n) is 2.24. The van der Waals surface area contributed by atoms with E-state index in [4.69, 9.17) is 5.73 Å². The molecule has 0 radical (unpaired) electrons. The minimum atomic E-state index is -0.383. The number of nitro benzene ring substituents is 1. The summed E-state index contributed by atoms with van der Waals surface area (Å²) >= 11 is 1.57. The Labute approximate surface area is 105 Å². The zero-order chi connectivity index (χ0) is 12.3. The Bertz CT molecular complexity index is 417. The molecule has 2 N–H and O–H groups in total. The summed E-state index contributed by atoms with van der Waals surface area (Å²) in [4.78, 5) is 11.3. The van der Waals surface area contributed by atoms with Gasteiger partial charge in [-0.1, -0.05) is 18.9 Å². The van der Waals surface area contributed by atoms with Crippen LogP contribution in [0.3, 0.4) is 0 Å². The van der Waals surface area contributed by atoms with Gasteiger partial charge in [-0.05, 0) is 30.9 Å². The predicted molar refractivity (Wildman–Crippen MR) is 70.2 cm³/mol. The zero-order valence-corrected chi connectivity index (χ0v) is 10.4. The van der Waals surface area contributed by atoms with Gasteiger partial charge in [-0.2, -0.15) is 0 Å². The smallest absolute Gasteiger partial charge is 0.305 e. The Morgan fingerprint density at radius 1 is 1.41 bits per heavy atom. The number of hydrogen-bond donors (Lipinski definition) is 1. The number of nitrogens with zero attached hydrogens (tertiary/aromatic N) is 1. The Morgan fingerprint density at radius 2 is 2.12 bits per heavy atom. The number of nitro groups is 1. The number of anilines is 1. The van der Waals surface area contributed by atoms with Gasteiger partial charge in [-0.25, -0.2) is 0 Å². The van der Waals surface area contributed by atoms with Crippen LogP contribution in [0, 0.1) is 16.0 Å². The van der Waals surface area contributed by atoms with Gasteiger partial charge in [0.2, 0.25) is 0 Å². The Balaban J connectivity index is 2.09. The minimum absolute atomic E-state index is 0.0653. The number of nitrogens with two attached hydrogens (primary N) is 1. The van der Waals surface area contributed by atoms with Gasteiger partial charge in [0.25, 0.3) is 0 Å². The summed E-state index contributed by atoms with van der Waals surface area (Å²) in [5.41, 5.74) is 5.97. The zero-order valence-electron chi connectivity index (χ0n) is 9.59. The molecule has 1 aliphatic carbocycles. The van der Waals surface area contributed by atoms with Gasteiger partial charge in [0.15, 0.2) is 0 Å². The van der Waals surface area contributed by atoms with E-state index in [1.165, 1.54) is 25.7 Å². The molecule has 0 spiro atoms. The first-order valence-electron chi connectivity index (χ1n) is 5.84. The first-order valence-corrected chi connectivity index (χ1v) is 6.82. The van der Waals surface area contributed by atoms with Crippen molar-refractivity contribution in [3.8, 4) is 0 Å². The molecule has 0 amide bonds. The molecule has 2 rings (SSSR count). The summed E-state index contributed by atoms with van der Waals surface area (Å²) in [6.07, 6.45) is 5.10. The van der Waals surface area contributed by atoms with Crippen LogP contribution in [0.4, 0.5) is 11.4 Å². The summed E-state index contributed by atoms with van der Waals surface area (Å²) in [6, 6.07) is 5.14. The molecule has 1 saturated carbocycles. The molecule has 1 aromatic carbocycles. The fraction of sp³-hybridized carbons (Fsp3) is 0.500. The lowest BCUT2D eigenvalue weighted by Crippen LogP contribution is -2.00. The van der Waals surface area contributed by atoms with Crippen LogP contribution in [-0.2, 0) is 0 Å². The quantitative estimate of drug-likeness (QED) is 0.385. The second kappa shape index (κ2) is 5.40. The van der Waals surface area contributed by atoms with Crippen molar-refractivity contribution in [1.82, 2.24) is 0 Å². The lowest BCUT2D eigenvalue weighted by atomic mass is 10.1. The molecule has 0 aliphatic heterocycles. The van der Waals surface area contributed by atoms with E-state index in [0.717, 1.165) is 5.75 Å². The van der Waals surface area contributed by atoms with Crippen molar-refractivity contribution in [2.75, 3.05) is 11.5 Å². The van der Waals surface area contributed by atoms with Gasteiger partial charge in [0.05, 0.1) is 9.82 Å². The van der Waals surface area contributed by atoms with E-state index in [1.54, 1.807) is 30.0 Å². The van der Waals surface area contributed by atoms with Crippen LogP contribution in [0.2, 0.25) is 0 Å². The topological polar surface area (TPSA) is 69.2 Å². The van der Waals surface area contributed by atoms with Crippen LogP contribution in [-0.4, -0.2) is 10.7 Å². The molecule has 0 aromatic heterocycles. The summed E-state index contributed by atoms with van der Waals surface area (Å²) in [6.45, 7) is 0. The molecule has 92 valence electrons. The van der Waals surface area contributed by atoms with Gasteiger partial charge in [-0.15, -0.1) is 11.8 Å². The summed E-state index contributed by atoms with van der Waals surface area (Å²) in [5, 5.41) is 11.0. The second-order valence-corrected chi connectivity index (χ2v) is 5.47. The number of para-hydroxylation sites is 1. The van der Waals surface area contributed by atoms with Crippen molar-refractivity contribution >= 4 is 23.1 Å². The lowest BCUT2D eigenvalue weighted by molar-refractivity contribution is -0.386. The van der Waals surface area contributed by atoms with Crippen molar-refractivity contribution in [3.63, 3.8) is 0 Å². The number of nitrogen functional groups attached to an aromatic ring is 1. The van der Waals surface area contributed by atoms with Crippen molar-refractivity contribution < 1.29 is 4.92 Å². The monoisotopic (exact) mass is 252 g/mol. The van der Waals surface area contributed by atoms with Gasteiger partial charge >= 0.3 is 5.69 Å². The highest BCUT2D eigenvalue weighted by molar-refractivity contribution is 7.99. The highest BCUT2D eigenvalue weighted by atomic mass is 32.2. The molecule has 0 heterocycles. The highest BCUT2D eigenvalue weighted by Crippen LogP contribution is 2.37. The van der Waals surface area contributed by atoms with E-state index >= 15 is 0 Å². The lowest BCUT2D eigenvalue weighted by Gasteiger charge is -2.09. The molecule has 1 aliphatic rings. The normalized spacial score (nSPS) is 16.2. The summed E-state index contributed by atoms with van der Waals surface area (Å²) in [7, 11) is 0. The van der Waals surface area contributed by atoms with E-state index in [0.29, 0.717) is 10.8 Å². The average Bonchev–Trinajstić information content (AvgIpc) is 2.78. The van der Waals surface area contributed by atoms with Gasteiger partial charge in [-0.3, -0.25) is 10.1 Å². The average molecular weight is 252 g/mol. The Kier molecular flexibility index (Phi) is 3.89. The molecule has 17 heavy (non-hydrogen) atoms. The number of hydrogen-bond acceptors (Lipinski definition) is 4. The van der Waals surface area contributed by atoms with Gasteiger partial charge in [0.1, 0.15) is 5.69 Å². The van der Waals surface area contributed by atoms with Crippen LogP contribution in [0.15, 0.2) is 23.1 Å². The fourth-order valence-corrected chi connectivity index (χ4v) is 3.49. The third-order valence-electron chi connectivity index (χ3n) is 3.16. The summed E-state index contributed by atoms with van der Waals surface area (Å²) in [5.74, 6) is 1.67. The van der Waals surface area contributed by atoms with Crippen molar-refractivity contribution in [2.24, 2.45) is 5.92 Å². The minimum Gasteiger partial charge on any atom is -0.393 e. The Morgan fingerprint density at radius 3 is 2.76 bits per heavy atom. The van der Waals surface area contributed by atoms with E-state index in [2.05, 4.69) is 0 Å². The number of thioether (sulfide) groups is 1. The van der Waals surface area contributed by atoms with Crippen molar-refractivity contribution in [3.05, 3.63) is 28.3 Å². The standard InChI is InChI=1S/C12H16N2O2S/c13-10-6-3-7-11(12(10)14(15)16)17-8-9-4-1-2-5-9/h3,6-7,9H,1-2,4-5,8,13H2.